The second kappa shape index (κ2) is 8.68. The molecule has 0 saturated heterocycles. The lowest BCUT2D eigenvalue weighted by Crippen LogP contribution is -2.40. The van der Waals surface area contributed by atoms with Gasteiger partial charge in [-0.3, -0.25) is 10.1 Å². The number of carbonyl (C=O) groups is 3. The number of hydrogen-bond donors (Lipinski definition) is 1. The van der Waals surface area contributed by atoms with Crippen LogP contribution >= 0.6 is 11.3 Å². The van der Waals surface area contributed by atoms with Crippen molar-refractivity contribution in [2.24, 2.45) is 5.16 Å². The summed E-state index contributed by atoms with van der Waals surface area (Å²) >= 11 is 1.09. The lowest BCUT2D eigenvalue weighted by atomic mass is 10.1. The van der Waals surface area contributed by atoms with Crippen LogP contribution in [-0.4, -0.2) is 45.8 Å². The van der Waals surface area contributed by atoms with Crippen molar-refractivity contribution in [2.75, 3.05) is 5.32 Å². The topological polar surface area (TPSA) is 116 Å². The molecule has 10 heteroatoms. The Balaban J connectivity index is 2.85. The summed E-state index contributed by atoms with van der Waals surface area (Å²) in [4.78, 5) is 44.7. The lowest BCUT2D eigenvalue weighted by Gasteiger charge is -2.26. The molecule has 1 aromatic rings. The Morgan fingerprint density at radius 2 is 1.64 bits per heavy atom. The number of anilines is 1. The van der Waals surface area contributed by atoms with Crippen molar-refractivity contribution in [2.45, 2.75) is 72.2 Å². The van der Waals surface area contributed by atoms with Crippen LogP contribution in [0.3, 0.4) is 0 Å². The molecule has 9 nitrogen and oxygen atoms in total. The van der Waals surface area contributed by atoms with Gasteiger partial charge >= 0.3 is 12.1 Å². The van der Waals surface area contributed by atoms with E-state index in [1.54, 1.807) is 41.5 Å². The normalized spacial score (nSPS) is 12.9. The summed E-state index contributed by atoms with van der Waals surface area (Å²) in [6.07, 6.45) is -0.224. The maximum absolute atomic E-state index is 12.2. The smallest absolute Gasteiger partial charge is 0.413 e. The van der Waals surface area contributed by atoms with Gasteiger partial charge in [0.15, 0.2) is 17.1 Å². The van der Waals surface area contributed by atoms with Crippen LogP contribution in [0.15, 0.2) is 10.5 Å². The van der Waals surface area contributed by atoms with Crippen LogP contribution in [-0.2, 0) is 23.9 Å². The first-order valence-electron chi connectivity index (χ1n) is 8.54. The molecule has 0 aliphatic carbocycles. The van der Waals surface area contributed by atoms with Crippen molar-refractivity contribution in [1.29, 1.82) is 0 Å². The van der Waals surface area contributed by atoms with Crippen LogP contribution in [0.2, 0.25) is 0 Å². The van der Waals surface area contributed by atoms with E-state index < -0.39 is 28.9 Å². The van der Waals surface area contributed by atoms with Gasteiger partial charge in [0, 0.05) is 5.38 Å². The van der Waals surface area contributed by atoms with Crippen LogP contribution in [0.4, 0.5) is 9.93 Å². The van der Waals surface area contributed by atoms with E-state index in [-0.39, 0.29) is 16.5 Å². The predicted molar refractivity (Wildman–Crippen MR) is 106 cm³/mol. The first-order chi connectivity index (χ1) is 12.6. The summed E-state index contributed by atoms with van der Waals surface area (Å²) in [5.41, 5.74) is -2.70. The number of aromatic nitrogens is 1. The quantitative estimate of drug-likeness (QED) is 0.328. The summed E-state index contributed by atoms with van der Waals surface area (Å²) in [7, 11) is 0. The molecule has 1 N–H and O–H groups in total. The number of thiazole rings is 1. The molecule has 1 aromatic heterocycles. The number of nitrogens with one attached hydrogen (secondary N) is 1. The number of carbonyl (C=O) groups excluding carboxylic acids is 3. The summed E-state index contributed by atoms with van der Waals surface area (Å²) < 4.78 is 10.4. The van der Waals surface area contributed by atoms with Gasteiger partial charge in [-0.15, -0.1) is 11.3 Å². The number of esters is 1. The highest BCUT2D eigenvalue weighted by Gasteiger charge is 2.35. The third kappa shape index (κ3) is 8.03. The standard InChI is InChI=1S/C18H27N3O6S/c1-16(2,3)25-13(23)18(7,8)27-21-11(9-22)12-10-28-14(19-12)20-15(24)26-17(4,5)6/h9-10H,1-8H3,(H,19,20,24)/b21-11+. The highest BCUT2D eigenvalue weighted by molar-refractivity contribution is 7.14. The zero-order valence-corrected chi connectivity index (χ0v) is 18.2. The monoisotopic (exact) mass is 413 g/mol. The maximum Gasteiger partial charge on any atom is 0.413 e. The molecule has 1 rings (SSSR count). The number of ether oxygens (including phenoxy) is 2. The molecule has 0 atom stereocenters. The third-order valence-corrected chi connectivity index (χ3v) is 3.51. The third-order valence-electron chi connectivity index (χ3n) is 2.75. The zero-order valence-electron chi connectivity index (χ0n) is 17.4. The number of oxime groups is 1. The number of rotatable bonds is 6. The van der Waals surface area contributed by atoms with E-state index in [2.05, 4.69) is 15.5 Å². The maximum atomic E-state index is 12.2. The van der Waals surface area contributed by atoms with Crippen molar-refractivity contribution in [1.82, 2.24) is 4.98 Å². The average Bonchev–Trinajstić information content (AvgIpc) is 2.92. The Morgan fingerprint density at radius 1 is 1.07 bits per heavy atom. The largest absolute Gasteiger partial charge is 0.457 e. The van der Waals surface area contributed by atoms with Crippen LogP contribution in [0.25, 0.3) is 0 Å². The van der Waals surface area contributed by atoms with Crippen LogP contribution in [0.1, 0.15) is 61.1 Å². The van der Waals surface area contributed by atoms with E-state index >= 15 is 0 Å². The van der Waals surface area contributed by atoms with Crippen molar-refractivity contribution in [3.05, 3.63) is 11.1 Å². The number of amides is 1. The molecule has 0 aliphatic heterocycles. The minimum atomic E-state index is -1.41. The molecule has 0 aromatic carbocycles. The van der Waals surface area contributed by atoms with Crippen molar-refractivity contribution in [3.63, 3.8) is 0 Å². The number of hydrogen-bond acceptors (Lipinski definition) is 9. The van der Waals surface area contributed by atoms with Gasteiger partial charge in [0.2, 0.25) is 5.60 Å². The first-order valence-corrected chi connectivity index (χ1v) is 9.41. The predicted octanol–water partition coefficient (Wildman–Crippen LogP) is 3.53. The van der Waals surface area contributed by atoms with E-state index in [1.165, 1.54) is 19.2 Å². The molecular weight excluding hydrogens is 386 g/mol. The fourth-order valence-corrected chi connectivity index (χ4v) is 2.26. The van der Waals surface area contributed by atoms with Crippen molar-refractivity contribution >= 4 is 40.5 Å². The highest BCUT2D eigenvalue weighted by Crippen LogP contribution is 2.20. The zero-order chi connectivity index (χ0) is 21.8. The second-order valence-electron chi connectivity index (χ2n) is 8.36. The van der Waals surface area contributed by atoms with Gasteiger partial charge in [-0.25, -0.2) is 14.6 Å². The Labute approximate surface area is 168 Å². The van der Waals surface area contributed by atoms with Gasteiger partial charge in [-0.2, -0.15) is 0 Å². The van der Waals surface area contributed by atoms with Gasteiger partial charge < -0.3 is 14.3 Å². The Morgan fingerprint density at radius 3 is 2.14 bits per heavy atom. The molecule has 0 saturated carbocycles. The Bertz CT molecular complexity index is 756. The molecule has 0 fully saturated rings. The van der Waals surface area contributed by atoms with Crippen LogP contribution < -0.4 is 5.32 Å². The molecule has 156 valence electrons. The minimum absolute atomic E-state index is 0.134. The van der Waals surface area contributed by atoms with Gasteiger partial charge in [-0.05, 0) is 55.4 Å². The molecule has 0 aliphatic rings. The lowest BCUT2D eigenvalue weighted by molar-refractivity contribution is -0.179. The van der Waals surface area contributed by atoms with Crippen molar-refractivity contribution < 1.29 is 28.7 Å². The van der Waals surface area contributed by atoms with Gasteiger partial charge in [0.25, 0.3) is 0 Å². The number of nitrogens with zero attached hydrogens (tertiary/aromatic N) is 2. The molecule has 1 heterocycles. The summed E-state index contributed by atoms with van der Waals surface area (Å²) in [5, 5.41) is 7.95. The van der Waals surface area contributed by atoms with Crippen LogP contribution in [0.5, 0.6) is 0 Å². The molecule has 1 amide bonds. The molecule has 28 heavy (non-hydrogen) atoms. The summed E-state index contributed by atoms with van der Waals surface area (Å²) in [6.45, 7) is 13.4. The second-order valence-corrected chi connectivity index (χ2v) is 9.22. The van der Waals surface area contributed by atoms with Crippen molar-refractivity contribution in [3.8, 4) is 0 Å². The van der Waals surface area contributed by atoms with E-state index in [9.17, 15) is 14.4 Å². The summed E-state index contributed by atoms with van der Waals surface area (Å²) in [6, 6.07) is 0. The molecule has 0 bridgehead atoms. The van der Waals surface area contributed by atoms with Gasteiger partial charge in [0.05, 0.1) is 0 Å². The first kappa shape index (κ1) is 23.5. The Kier molecular flexibility index (Phi) is 7.30. The SMILES string of the molecule is CC(C)(C)OC(=O)Nc1nc(/C(C=O)=N/OC(C)(C)C(=O)OC(C)(C)C)cs1. The molecule has 0 unspecified atom stereocenters. The Hall–Kier alpha value is -2.49. The van der Waals surface area contributed by atoms with Crippen LogP contribution in [0, 0.1) is 0 Å². The molecular formula is C18H27N3O6S. The fraction of sp³-hybridized carbons (Fsp3) is 0.611. The minimum Gasteiger partial charge on any atom is -0.457 e. The van der Waals surface area contributed by atoms with E-state index in [0.717, 1.165) is 11.3 Å². The number of aldehydes is 1. The highest BCUT2D eigenvalue weighted by atomic mass is 32.1. The fourth-order valence-electron chi connectivity index (χ4n) is 1.57. The molecule has 0 spiro atoms. The van der Waals surface area contributed by atoms with E-state index in [1.807, 2.05) is 0 Å². The van der Waals surface area contributed by atoms with Gasteiger partial charge in [-0.1, -0.05) is 5.16 Å². The van der Waals surface area contributed by atoms with Gasteiger partial charge in [0.1, 0.15) is 16.9 Å². The van der Waals surface area contributed by atoms with E-state index in [0.29, 0.717) is 6.29 Å². The summed E-state index contributed by atoms with van der Waals surface area (Å²) in [5.74, 6) is -0.625. The molecule has 0 radical (unpaired) electrons. The average molecular weight is 413 g/mol. The van der Waals surface area contributed by atoms with E-state index in [4.69, 9.17) is 14.3 Å².